The summed E-state index contributed by atoms with van der Waals surface area (Å²) < 4.78 is 6.67. The smallest absolute Gasteiger partial charge is 0.258 e. The quantitative estimate of drug-likeness (QED) is 0.666. The third kappa shape index (κ3) is 3.11. The van der Waals surface area contributed by atoms with Gasteiger partial charge in [0, 0.05) is 27.7 Å². The predicted octanol–water partition coefficient (Wildman–Crippen LogP) is 5.15. The van der Waals surface area contributed by atoms with Crippen LogP contribution in [0.5, 0.6) is 5.75 Å². The van der Waals surface area contributed by atoms with E-state index in [2.05, 4.69) is 22.9 Å². The minimum atomic E-state index is 0.0560. The maximum Gasteiger partial charge on any atom is 0.258 e. The maximum atomic E-state index is 12.9. The number of anilines is 1. The van der Waals surface area contributed by atoms with Gasteiger partial charge >= 0.3 is 0 Å². The Morgan fingerprint density at radius 1 is 1.17 bits per heavy atom. The Morgan fingerprint density at radius 2 is 1.96 bits per heavy atom. The highest BCUT2D eigenvalue weighted by Crippen LogP contribution is 2.39. The first-order valence-corrected chi connectivity index (χ1v) is 9.00. The molecule has 0 fully saturated rings. The van der Waals surface area contributed by atoms with Crippen molar-refractivity contribution in [2.75, 3.05) is 18.1 Å². The van der Waals surface area contributed by atoms with E-state index in [0.29, 0.717) is 6.61 Å². The van der Waals surface area contributed by atoms with Gasteiger partial charge in [0.1, 0.15) is 5.75 Å². The fourth-order valence-electron chi connectivity index (χ4n) is 2.97. The van der Waals surface area contributed by atoms with Crippen LogP contribution in [0.25, 0.3) is 11.6 Å². The molecular formula is C20H20BrNO2. The number of fused-ring (bicyclic) bond motifs is 1. The largest absolute Gasteiger partial charge is 0.493 e. The molecule has 2 aromatic rings. The average Bonchev–Trinajstić information content (AvgIpc) is 2.84. The molecule has 0 spiro atoms. The highest BCUT2D eigenvalue weighted by atomic mass is 79.9. The van der Waals surface area contributed by atoms with Crippen LogP contribution in [-0.2, 0) is 4.79 Å². The van der Waals surface area contributed by atoms with Crippen molar-refractivity contribution in [3.05, 3.63) is 58.1 Å². The molecule has 24 heavy (non-hydrogen) atoms. The number of amides is 1. The van der Waals surface area contributed by atoms with Crippen molar-refractivity contribution in [1.29, 1.82) is 0 Å². The second kappa shape index (κ2) is 7.22. The first-order valence-electron chi connectivity index (χ1n) is 8.21. The zero-order valence-electron chi connectivity index (χ0n) is 13.9. The summed E-state index contributed by atoms with van der Waals surface area (Å²) in [6.45, 7) is 5.35. The number of hydrogen-bond donors (Lipinski definition) is 0. The van der Waals surface area contributed by atoms with Crippen molar-refractivity contribution in [3.8, 4) is 5.75 Å². The molecule has 0 aromatic heterocycles. The molecule has 0 atom stereocenters. The van der Waals surface area contributed by atoms with Crippen LogP contribution in [0.3, 0.4) is 0 Å². The normalized spacial score (nSPS) is 15.0. The molecule has 0 saturated carbocycles. The van der Waals surface area contributed by atoms with Crippen LogP contribution in [0.2, 0.25) is 0 Å². The molecule has 124 valence electrons. The molecular weight excluding hydrogens is 366 g/mol. The van der Waals surface area contributed by atoms with E-state index < -0.39 is 0 Å². The lowest BCUT2D eigenvalue weighted by Crippen LogP contribution is -2.26. The van der Waals surface area contributed by atoms with Crippen LogP contribution in [0.15, 0.2) is 46.9 Å². The van der Waals surface area contributed by atoms with Crippen LogP contribution in [0.4, 0.5) is 5.69 Å². The minimum absolute atomic E-state index is 0.0560. The van der Waals surface area contributed by atoms with Gasteiger partial charge in [-0.15, -0.1) is 0 Å². The molecule has 0 unspecified atom stereocenters. The van der Waals surface area contributed by atoms with Gasteiger partial charge in [0.25, 0.3) is 5.91 Å². The van der Waals surface area contributed by atoms with Crippen LogP contribution < -0.4 is 9.64 Å². The molecule has 0 saturated heterocycles. The summed E-state index contributed by atoms with van der Waals surface area (Å²) in [7, 11) is 0. The van der Waals surface area contributed by atoms with E-state index in [4.69, 9.17) is 4.74 Å². The lowest BCUT2D eigenvalue weighted by Gasteiger charge is -2.15. The van der Waals surface area contributed by atoms with Crippen LogP contribution in [-0.4, -0.2) is 19.1 Å². The molecule has 0 aliphatic carbocycles. The Labute approximate surface area is 151 Å². The van der Waals surface area contributed by atoms with E-state index in [0.717, 1.165) is 45.6 Å². The minimum Gasteiger partial charge on any atom is -0.493 e. The second-order valence-electron chi connectivity index (χ2n) is 5.65. The van der Waals surface area contributed by atoms with Gasteiger partial charge in [-0.3, -0.25) is 4.79 Å². The van der Waals surface area contributed by atoms with E-state index in [-0.39, 0.29) is 5.91 Å². The molecule has 3 nitrogen and oxygen atoms in total. The zero-order valence-corrected chi connectivity index (χ0v) is 15.5. The third-order valence-corrected chi connectivity index (χ3v) is 4.47. The summed E-state index contributed by atoms with van der Waals surface area (Å²) in [5.41, 5.74) is 3.60. The van der Waals surface area contributed by atoms with Gasteiger partial charge in [0.2, 0.25) is 0 Å². The van der Waals surface area contributed by atoms with E-state index in [1.54, 1.807) is 0 Å². The lowest BCUT2D eigenvalue weighted by molar-refractivity contribution is -0.113. The Balaban J connectivity index is 2.11. The van der Waals surface area contributed by atoms with Crippen molar-refractivity contribution in [2.24, 2.45) is 0 Å². The van der Waals surface area contributed by atoms with Crippen LogP contribution in [0.1, 0.15) is 31.4 Å². The number of para-hydroxylation sites is 1. The number of hydrogen-bond acceptors (Lipinski definition) is 2. The van der Waals surface area contributed by atoms with Crippen molar-refractivity contribution >= 4 is 39.2 Å². The van der Waals surface area contributed by atoms with Crippen LogP contribution in [0, 0.1) is 0 Å². The fraction of sp³-hybridized carbons (Fsp3) is 0.250. The van der Waals surface area contributed by atoms with Crippen molar-refractivity contribution in [2.45, 2.75) is 20.3 Å². The Hall–Kier alpha value is -2.07. The van der Waals surface area contributed by atoms with E-state index in [1.807, 2.05) is 60.4 Å². The number of rotatable bonds is 5. The average molecular weight is 386 g/mol. The molecule has 1 aliphatic rings. The lowest BCUT2D eigenvalue weighted by atomic mass is 10.0. The van der Waals surface area contributed by atoms with Crippen molar-refractivity contribution < 1.29 is 9.53 Å². The summed E-state index contributed by atoms with van der Waals surface area (Å²) in [6.07, 6.45) is 2.86. The van der Waals surface area contributed by atoms with Gasteiger partial charge in [0.15, 0.2) is 0 Å². The van der Waals surface area contributed by atoms with Crippen molar-refractivity contribution in [1.82, 2.24) is 0 Å². The highest BCUT2D eigenvalue weighted by molar-refractivity contribution is 9.10. The standard InChI is InChI=1S/C20H20BrNO2/c1-3-11-22-18-8-6-5-7-16(18)17(20(22)23)13-14-12-15(21)9-10-19(14)24-4-2/h5-10,12-13H,3-4,11H2,1-2H3/b17-13-. The first-order chi connectivity index (χ1) is 11.7. The van der Waals surface area contributed by atoms with Gasteiger partial charge in [-0.05, 0) is 43.7 Å². The maximum absolute atomic E-state index is 12.9. The Bertz CT molecular complexity index is 798. The molecule has 0 bridgehead atoms. The summed E-state index contributed by atoms with van der Waals surface area (Å²) in [5, 5.41) is 0. The first kappa shape index (κ1) is 16.8. The number of ether oxygens (including phenoxy) is 1. The Morgan fingerprint density at radius 3 is 2.71 bits per heavy atom. The fourth-order valence-corrected chi connectivity index (χ4v) is 3.35. The molecule has 0 radical (unpaired) electrons. The number of halogens is 1. The Kier molecular flexibility index (Phi) is 5.05. The van der Waals surface area contributed by atoms with E-state index >= 15 is 0 Å². The molecule has 1 heterocycles. The SMILES string of the molecule is CCCN1C(=O)/C(=C\c2cc(Br)ccc2OCC)c2ccccc21. The predicted molar refractivity (Wildman–Crippen MR) is 102 cm³/mol. The van der Waals surface area contributed by atoms with Gasteiger partial charge in [-0.25, -0.2) is 0 Å². The number of benzene rings is 2. The summed E-state index contributed by atoms with van der Waals surface area (Å²) in [4.78, 5) is 14.8. The third-order valence-electron chi connectivity index (χ3n) is 3.98. The number of carbonyl (C=O) groups excluding carboxylic acids is 1. The van der Waals surface area contributed by atoms with Gasteiger partial charge in [0.05, 0.1) is 12.3 Å². The van der Waals surface area contributed by atoms with E-state index in [9.17, 15) is 4.79 Å². The van der Waals surface area contributed by atoms with Gasteiger partial charge in [-0.1, -0.05) is 41.1 Å². The molecule has 2 aromatic carbocycles. The number of carbonyl (C=O) groups is 1. The molecule has 4 heteroatoms. The summed E-state index contributed by atoms with van der Waals surface area (Å²) in [6, 6.07) is 13.8. The molecule has 3 rings (SSSR count). The summed E-state index contributed by atoms with van der Waals surface area (Å²) in [5.74, 6) is 0.841. The summed E-state index contributed by atoms with van der Waals surface area (Å²) >= 11 is 3.50. The van der Waals surface area contributed by atoms with Gasteiger partial charge < -0.3 is 9.64 Å². The monoisotopic (exact) mass is 385 g/mol. The molecule has 0 N–H and O–H groups in total. The van der Waals surface area contributed by atoms with Crippen LogP contribution >= 0.6 is 15.9 Å². The molecule has 1 amide bonds. The van der Waals surface area contributed by atoms with E-state index in [1.165, 1.54) is 0 Å². The highest BCUT2D eigenvalue weighted by Gasteiger charge is 2.31. The topological polar surface area (TPSA) is 29.5 Å². The van der Waals surface area contributed by atoms with Crippen molar-refractivity contribution in [3.63, 3.8) is 0 Å². The number of nitrogens with zero attached hydrogens (tertiary/aromatic N) is 1. The van der Waals surface area contributed by atoms with Gasteiger partial charge in [-0.2, -0.15) is 0 Å². The molecule has 1 aliphatic heterocycles. The zero-order chi connectivity index (χ0) is 17.1. The second-order valence-corrected chi connectivity index (χ2v) is 6.56.